The maximum absolute atomic E-state index is 12.3. The Kier molecular flexibility index (Phi) is 5.60. The van der Waals surface area contributed by atoms with Gasteiger partial charge in [0, 0.05) is 31.7 Å². The highest BCUT2D eigenvalue weighted by Gasteiger charge is 2.21. The molecule has 0 saturated carbocycles. The molecular weight excluding hydrogens is 248 g/mol. The maximum Gasteiger partial charge on any atom is 0.253 e. The van der Waals surface area contributed by atoms with Crippen molar-refractivity contribution in [3.63, 3.8) is 0 Å². The molecule has 1 fully saturated rings. The number of benzene rings is 1. The monoisotopic (exact) mass is 274 g/mol. The van der Waals surface area contributed by atoms with E-state index in [4.69, 9.17) is 0 Å². The molecule has 20 heavy (non-hydrogen) atoms. The summed E-state index contributed by atoms with van der Waals surface area (Å²) in [6, 6.07) is 9.60. The van der Waals surface area contributed by atoms with Crippen LogP contribution >= 0.6 is 0 Å². The molecule has 1 heterocycles. The van der Waals surface area contributed by atoms with Crippen LogP contribution in [0.15, 0.2) is 30.3 Å². The van der Waals surface area contributed by atoms with Crippen LogP contribution in [0.2, 0.25) is 0 Å². The highest BCUT2D eigenvalue weighted by Crippen LogP contribution is 2.10. The van der Waals surface area contributed by atoms with Gasteiger partial charge in [0.15, 0.2) is 0 Å². The average molecular weight is 274 g/mol. The van der Waals surface area contributed by atoms with Crippen LogP contribution in [-0.4, -0.2) is 48.4 Å². The summed E-state index contributed by atoms with van der Waals surface area (Å²) in [6.07, 6.45) is 2.56. The fourth-order valence-corrected chi connectivity index (χ4v) is 2.66. The Morgan fingerprint density at radius 2 is 1.75 bits per heavy atom. The molecule has 1 aromatic rings. The average Bonchev–Trinajstić information content (AvgIpc) is 2.48. The molecule has 1 amide bonds. The Bertz CT molecular complexity index is 408. The van der Waals surface area contributed by atoms with Crippen LogP contribution in [-0.2, 0) is 0 Å². The van der Waals surface area contributed by atoms with Gasteiger partial charge >= 0.3 is 0 Å². The van der Waals surface area contributed by atoms with Gasteiger partial charge in [-0.15, -0.1) is 0 Å². The Balaban J connectivity index is 1.75. The number of rotatable bonds is 5. The quantitative estimate of drug-likeness (QED) is 0.824. The first-order valence-electron chi connectivity index (χ1n) is 7.73. The largest absolute Gasteiger partial charge is 0.336 e. The lowest BCUT2D eigenvalue weighted by Gasteiger charge is -2.34. The van der Waals surface area contributed by atoms with E-state index >= 15 is 0 Å². The van der Waals surface area contributed by atoms with Crippen LogP contribution in [0.1, 0.15) is 37.0 Å². The molecule has 0 bridgehead atoms. The van der Waals surface area contributed by atoms with Crippen molar-refractivity contribution in [1.82, 2.24) is 9.80 Å². The first kappa shape index (κ1) is 15.0. The van der Waals surface area contributed by atoms with Gasteiger partial charge in [0.2, 0.25) is 0 Å². The smallest absolute Gasteiger partial charge is 0.253 e. The van der Waals surface area contributed by atoms with E-state index in [2.05, 4.69) is 18.7 Å². The van der Waals surface area contributed by atoms with Gasteiger partial charge in [-0.05, 0) is 37.4 Å². The molecule has 3 nitrogen and oxygen atoms in total. The minimum absolute atomic E-state index is 0.174. The molecule has 110 valence electrons. The van der Waals surface area contributed by atoms with E-state index in [1.54, 1.807) is 0 Å². The van der Waals surface area contributed by atoms with Gasteiger partial charge < -0.3 is 4.90 Å². The fraction of sp³-hybridized carbons (Fsp3) is 0.588. The standard InChI is InChI=1S/C17H26N2O/c1-15(2)7-6-10-18-11-13-19(14-12-18)17(20)16-8-4-3-5-9-16/h3-5,8-9,15H,6-7,10-14H2,1-2H3. The fourth-order valence-electron chi connectivity index (χ4n) is 2.66. The van der Waals surface area contributed by atoms with E-state index in [9.17, 15) is 4.79 Å². The summed E-state index contributed by atoms with van der Waals surface area (Å²) in [6.45, 7) is 9.45. The van der Waals surface area contributed by atoms with Crippen molar-refractivity contribution >= 4 is 5.91 Å². The summed E-state index contributed by atoms with van der Waals surface area (Å²) >= 11 is 0. The van der Waals surface area contributed by atoms with Gasteiger partial charge in [0.25, 0.3) is 5.91 Å². The van der Waals surface area contributed by atoms with E-state index in [1.807, 2.05) is 35.2 Å². The summed E-state index contributed by atoms with van der Waals surface area (Å²) in [5.41, 5.74) is 0.806. The van der Waals surface area contributed by atoms with Crippen LogP contribution in [0, 0.1) is 5.92 Å². The number of hydrogen-bond acceptors (Lipinski definition) is 2. The van der Waals surface area contributed by atoms with Crippen molar-refractivity contribution in [2.75, 3.05) is 32.7 Å². The Labute approximate surface area is 122 Å². The highest BCUT2D eigenvalue weighted by atomic mass is 16.2. The van der Waals surface area contributed by atoms with Crippen molar-refractivity contribution in [3.8, 4) is 0 Å². The molecule has 0 atom stereocenters. The number of carbonyl (C=O) groups excluding carboxylic acids is 1. The number of amides is 1. The third-order valence-electron chi connectivity index (χ3n) is 3.94. The lowest BCUT2D eigenvalue weighted by atomic mass is 10.1. The minimum Gasteiger partial charge on any atom is -0.336 e. The molecule has 1 saturated heterocycles. The third kappa shape index (κ3) is 4.34. The Morgan fingerprint density at radius 1 is 1.10 bits per heavy atom. The molecule has 1 aliphatic rings. The molecule has 3 heteroatoms. The lowest BCUT2D eigenvalue weighted by molar-refractivity contribution is 0.0634. The van der Waals surface area contributed by atoms with E-state index in [1.165, 1.54) is 19.4 Å². The summed E-state index contributed by atoms with van der Waals surface area (Å²) in [5.74, 6) is 0.961. The summed E-state index contributed by atoms with van der Waals surface area (Å²) in [5, 5.41) is 0. The van der Waals surface area contributed by atoms with Gasteiger partial charge in [0.05, 0.1) is 0 Å². The topological polar surface area (TPSA) is 23.6 Å². The van der Waals surface area contributed by atoms with Crippen LogP contribution in [0.25, 0.3) is 0 Å². The predicted molar refractivity (Wildman–Crippen MR) is 82.9 cm³/mol. The Morgan fingerprint density at radius 3 is 2.35 bits per heavy atom. The van der Waals surface area contributed by atoms with Crippen LogP contribution in [0.5, 0.6) is 0 Å². The van der Waals surface area contributed by atoms with Crippen molar-refractivity contribution in [2.45, 2.75) is 26.7 Å². The molecule has 0 radical (unpaired) electrons. The SMILES string of the molecule is CC(C)CCCN1CCN(C(=O)c2ccccc2)CC1. The van der Waals surface area contributed by atoms with E-state index in [-0.39, 0.29) is 5.91 Å². The van der Waals surface area contributed by atoms with Gasteiger partial charge in [-0.3, -0.25) is 9.69 Å². The highest BCUT2D eigenvalue weighted by molar-refractivity contribution is 5.94. The number of piperazine rings is 1. The minimum atomic E-state index is 0.174. The molecule has 0 N–H and O–H groups in total. The zero-order valence-electron chi connectivity index (χ0n) is 12.7. The zero-order valence-corrected chi connectivity index (χ0v) is 12.7. The van der Waals surface area contributed by atoms with Crippen molar-refractivity contribution in [3.05, 3.63) is 35.9 Å². The first-order chi connectivity index (χ1) is 9.66. The van der Waals surface area contributed by atoms with Gasteiger partial charge in [-0.1, -0.05) is 32.0 Å². The zero-order chi connectivity index (χ0) is 14.4. The van der Waals surface area contributed by atoms with Crippen molar-refractivity contribution < 1.29 is 4.79 Å². The van der Waals surface area contributed by atoms with E-state index < -0.39 is 0 Å². The molecular formula is C17H26N2O. The van der Waals surface area contributed by atoms with Crippen LogP contribution in [0.4, 0.5) is 0 Å². The van der Waals surface area contributed by atoms with Crippen LogP contribution in [0.3, 0.4) is 0 Å². The van der Waals surface area contributed by atoms with Gasteiger partial charge in [0.1, 0.15) is 0 Å². The molecule has 0 unspecified atom stereocenters. The maximum atomic E-state index is 12.3. The van der Waals surface area contributed by atoms with E-state index in [0.717, 1.165) is 37.7 Å². The summed E-state index contributed by atoms with van der Waals surface area (Å²) in [7, 11) is 0. The first-order valence-corrected chi connectivity index (χ1v) is 7.73. The Hall–Kier alpha value is -1.35. The van der Waals surface area contributed by atoms with Crippen molar-refractivity contribution in [2.24, 2.45) is 5.92 Å². The number of nitrogens with zero attached hydrogens (tertiary/aromatic N) is 2. The van der Waals surface area contributed by atoms with Gasteiger partial charge in [-0.25, -0.2) is 0 Å². The molecule has 0 aliphatic carbocycles. The van der Waals surface area contributed by atoms with Gasteiger partial charge in [-0.2, -0.15) is 0 Å². The second-order valence-electron chi connectivity index (χ2n) is 6.04. The molecule has 2 rings (SSSR count). The third-order valence-corrected chi connectivity index (χ3v) is 3.94. The summed E-state index contributed by atoms with van der Waals surface area (Å²) in [4.78, 5) is 16.8. The van der Waals surface area contributed by atoms with Crippen molar-refractivity contribution in [1.29, 1.82) is 0 Å². The molecule has 1 aromatic carbocycles. The van der Waals surface area contributed by atoms with Crippen LogP contribution < -0.4 is 0 Å². The normalized spacial score (nSPS) is 16.6. The second kappa shape index (κ2) is 7.44. The second-order valence-corrected chi connectivity index (χ2v) is 6.04. The lowest BCUT2D eigenvalue weighted by Crippen LogP contribution is -2.48. The molecule has 0 aromatic heterocycles. The summed E-state index contributed by atoms with van der Waals surface area (Å²) < 4.78 is 0. The van der Waals surface area contributed by atoms with E-state index in [0.29, 0.717) is 0 Å². The molecule has 1 aliphatic heterocycles. The predicted octanol–water partition coefficient (Wildman–Crippen LogP) is 2.88. The molecule has 0 spiro atoms. The number of hydrogen-bond donors (Lipinski definition) is 0. The number of carbonyl (C=O) groups is 1.